The Morgan fingerprint density at radius 1 is 1.00 bits per heavy atom. The van der Waals surface area contributed by atoms with Gasteiger partial charge < -0.3 is 9.47 Å². The Morgan fingerprint density at radius 3 is 2.38 bits per heavy atom. The number of halogens is 4. The zero-order valence-corrected chi connectivity index (χ0v) is 21.0. The summed E-state index contributed by atoms with van der Waals surface area (Å²) in [5.74, 6) is -0.437. The number of quaternary nitrogens is 1. The number of rotatable bonds is 6. The second kappa shape index (κ2) is 10.0. The van der Waals surface area contributed by atoms with Gasteiger partial charge in [0.05, 0.1) is 13.6 Å². The van der Waals surface area contributed by atoms with Crippen LogP contribution in [-0.4, -0.2) is 34.0 Å². The van der Waals surface area contributed by atoms with Gasteiger partial charge in [0.2, 0.25) is 5.82 Å². The molecule has 9 nitrogen and oxygen atoms in total. The van der Waals surface area contributed by atoms with E-state index in [0.29, 0.717) is 5.02 Å². The van der Waals surface area contributed by atoms with Crippen LogP contribution in [0.4, 0.5) is 24.7 Å². The summed E-state index contributed by atoms with van der Waals surface area (Å²) in [6.45, 7) is 0.228. The maximum atomic E-state index is 13.2. The second-order valence-electron chi connectivity index (χ2n) is 8.87. The van der Waals surface area contributed by atoms with Crippen molar-refractivity contribution in [2.45, 2.75) is 19.5 Å². The topological polar surface area (TPSA) is 98.6 Å². The molecule has 4 aromatic rings. The van der Waals surface area contributed by atoms with Crippen molar-refractivity contribution in [3.63, 3.8) is 0 Å². The molecule has 0 bridgehead atoms. The fraction of sp³-hybridized carbons (Fsp3) is 0.154. The van der Waals surface area contributed by atoms with E-state index in [4.69, 9.17) is 16.3 Å². The molecule has 5 rings (SSSR count). The predicted octanol–water partition coefficient (Wildman–Crippen LogP) is 4.75. The Hall–Kier alpha value is -4.42. The van der Waals surface area contributed by atoms with E-state index >= 15 is 0 Å². The molecule has 1 unspecified atom stereocenters. The van der Waals surface area contributed by atoms with E-state index in [2.05, 4.69) is 19.7 Å². The van der Waals surface area contributed by atoms with Gasteiger partial charge in [-0.05, 0) is 42.0 Å². The number of pyridine rings is 1. The van der Waals surface area contributed by atoms with Gasteiger partial charge in [0.1, 0.15) is 18.0 Å². The number of benzene rings is 2. The van der Waals surface area contributed by atoms with Crippen LogP contribution in [0.3, 0.4) is 0 Å². The van der Waals surface area contributed by atoms with E-state index in [0.717, 1.165) is 23.3 Å². The number of alkyl halides is 3. The lowest BCUT2D eigenvalue weighted by molar-refractivity contribution is -0.274. The fourth-order valence-electron chi connectivity index (χ4n) is 4.29. The monoisotopic (exact) mass is 558 g/mol. The average Bonchev–Trinajstić information content (AvgIpc) is 3.15. The van der Waals surface area contributed by atoms with Gasteiger partial charge in [-0.15, -0.1) is 18.2 Å². The third kappa shape index (κ3) is 5.56. The number of hydrogen-bond donors (Lipinski definition) is 1. The summed E-state index contributed by atoms with van der Waals surface area (Å²) in [7, 11) is 1.66. The van der Waals surface area contributed by atoms with Crippen LogP contribution in [0.25, 0.3) is 0 Å². The first-order valence-electron chi connectivity index (χ1n) is 11.5. The highest BCUT2D eigenvalue weighted by Crippen LogP contribution is 2.38. The molecule has 39 heavy (non-hydrogen) atoms. The number of nitrogens with zero attached hydrogens (tertiary/aromatic N) is 4. The molecule has 0 saturated heterocycles. The summed E-state index contributed by atoms with van der Waals surface area (Å²) in [6.07, 6.45) is -1.75. The minimum absolute atomic E-state index is 0.0109. The summed E-state index contributed by atoms with van der Waals surface area (Å²) >= 11 is 6.04. The molecule has 0 saturated carbocycles. The number of amidine groups is 1. The van der Waals surface area contributed by atoms with Crippen molar-refractivity contribution < 1.29 is 22.6 Å². The maximum Gasteiger partial charge on any atom is 0.573 e. The first kappa shape index (κ1) is 26.2. The standard InChI is InChI=1S/C26H19ClF3N5O4/c1-35(15-17-5-7-18(27)8-6-17)21-22(34(24(37)33-23(21)36)14-16-9-11-31-12-10-16)32-25(35)38-19-3-2-4-20(13-19)39-26(28,29)30/h2-13H,14-15H2,1H3/p+1. The van der Waals surface area contributed by atoms with Crippen LogP contribution in [0, 0.1) is 0 Å². The third-order valence-electron chi connectivity index (χ3n) is 6.02. The van der Waals surface area contributed by atoms with Crippen molar-refractivity contribution in [2.75, 3.05) is 7.05 Å². The maximum absolute atomic E-state index is 13.2. The normalized spacial score (nSPS) is 16.5. The van der Waals surface area contributed by atoms with Crippen molar-refractivity contribution in [1.82, 2.24) is 19.0 Å². The molecule has 2 aromatic heterocycles. The lowest BCUT2D eigenvalue weighted by Gasteiger charge is -2.28. The number of aromatic amines is 1. The number of hydrogen-bond acceptors (Lipinski definition) is 6. The van der Waals surface area contributed by atoms with Gasteiger partial charge in [-0.1, -0.05) is 29.8 Å². The molecule has 1 atom stereocenters. The zero-order valence-electron chi connectivity index (χ0n) is 20.3. The van der Waals surface area contributed by atoms with Gasteiger partial charge >= 0.3 is 23.6 Å². The Morgan fingerprint density at radius 2 is 1.69 bits per heavy atom. The summed E-state index contributed by atoms with van der Waals surface area (Å²) in [5.41, 5.74) is 0.255. The van der Waals surface area contributed by atoms with Gasteiger partial charge in [-0.25, -0.2) is 4.79 Å². The number of fused-ring (bicyclic) bond motifs is 1. The molecule has 0 fully saturated rings. The van der Waals surface area contributed by atoms with Crippen molar-refractivity contribution in [3.8, 4) is 11.5 Å². The third-order valence-corrected chi connectivity index (χ3v) is 6.27. The first-order chi connectivity index (χ1) is 18.5. The lowest BCUT2D eigenvalue weighted by Crippen LogP contribution is -2.53. The Kier molecular flexibility index (Phi) is 6.74. The average molecular weight is 559 g/mol. The SMILES string of the molecule is C[N+]1(Cc2ccc(Cl)cc2)C(Oc2cccc(OC(F)(F)F)c2)=Nc2c1c(=O)[nH]c(=O)n2Cc1ccncc1. The van der Waals surface area contributed by atoms with Crippen LogP contribution in [0.2, 0.25) is 5.02 Å². The second-order valence-corrected chi connectivity index (χ2v) is 9.30. The molecule has 1 aliphatic heterocycles. The summed E-state index contributed by atoms with van der Waals surface area (Å²) in [6, 6.07) is 15.2. The van der Waals surface area contributed by atoms with Crippen molar-refractivity contribution >= 4 is 29.1 Å². The molecule has 200 valence electrons. The first-order valence-corrected chi connectivity index (χ1v) is 11.9. The van der Waals surface area contributed by atoms with E-state index in [1.807, 2.05) is 0 Å². The van der Waals surface area contributed by atoms with Gasteiger partial charge in [0.25, 0.3) is 5.69 Å². The van der Waals surface area contributed by atoms with Crippen LogP contribution in [-0.2, 0) is 13.1 Å². The lowest BCUT2D eigenvalue weighted by atomic mass is 10.2. The minimum atomic E-state index is -4.89. The quantitative estimate of drug-likeness (QED) is 0.344. The molecule has 13 heteroatoms. The van der Waals surface area contributed by atoms with Crippen molar-refractivity contribution in [3.05, 3.63) is 110 Å². The van der Waals surface area contributed by atoms with E-state index in [1.54, 1.807) is 55.8 Å². The Labute approximate surface area is 224 Å². The molecular weight excluding hydrogens is 539 g/mol. The van der Waals surface area contributed by atoms with Crippen LogP contribution in [0.1, 0.15) is 11.1 Å². The summed E-state index contributed by atoms with van der Waals surface area (Å²) < 4.78 is 49.3. The highest BCUT2D eigenvalue weighted by atomic mass is 35.5. The van der Waals surface area contributed by atoms with Gasteiger partial charge in [-0.3, -0.25) is 19.3 Å². The highest BCUT2D eigenvalue weighted by Gasteiger charge is 2.47. The molecule has 0 amide bonds. The van der Waals surface area contributed by atoms with Crippen molar-refractivity contribution in [2.24, 2.45) is 4.99 Å². The van der Waals surface area contributed by atoms with E-state index in [1.165, 1.54) is 16.7 Å². The number of aromatic nitrogens is 3. The fourth-order valence-corrected chi connectivity index (χ4v) is 4.41. The Balaban J connectivity index is 1.62. The molecule has 0 radical (unpaired) electrons. The number of aliphatic imine (C=N–C) groups is 1. The van der Waals surface area contributed by atoms with Crippen LogP contribution >= 0.6 is 11.6 Å². The molecule has 2 aromatic carbocycles. The van der Waals surface area contributed by atoms with Crippen LogP contribution < -0.4 is 25.2 Å². The highest BCUT2D eigenvalue weighted by molar-refractivity contribution is 6.30. The molecule has 0 aliphatic carbocycles. The number of H-pyrrole nitrogens is 1. The van der Waals surface area contributed by atoms with Crippen LogP contribution in [0.15, 0.2) is 87.6 Å². The number of ether oxygens (including phenoxy) is 2. The molecule has 0 spiro atoms. The van der Waals surface area contributed by atoms with Gasteiger partial charge in [-0.2, -0.15) is 4.48 Å². The predicted molar refractivity (Wildman–Crippen MR) is 138 cm³/mol. The molecular formula is C26H20ClF3N5O4+. The smallest absolute Gasteiger partial charge is 0.406 e. The Bertz CT molecular complexity index is 1670. The number of nitrogens with one attached hydrogen (secondary N) is 1. The molecule has 1 N–H and O–H groups in total. The van der Waals surface area contributed by atoms with Gasteiger partial charge in [0, 0.05) is 29.0 Å². The van der Waals surface area contributed by atoms with Gasteiger partial charge in [0.15, 0.2) is 0 Å². The van der Waals surface area contributed by atoms with E-state index in [-0.39, 0.29) is 40.8 Å². The molecule has 1 aliphatic rings. The van der Waals surface area contributed by atoms with E-state index < -0.39 is 23.4 Å². The van der Waals surface area contributed by atoms with E-state index in [9.17, 15) is 22.8 Å². The zero-order chi connectivity index (χ0) is 27.8. The van der Waals surface area contributed by atoms with Crippen LogP contribution in [0.5, 0.6) is 11.5 Å². The minimum Gasteiger partial charge on any atom is -0.406 e. The molecule has 3 heterocycles. The summed E-state index contributed by atoms with van der Waals surface area (Å²) in [5, 5.41) is 0.513. The largest absolute Gasteiger partial charge is 0.573 e. The van der Waals surface area contributed by atoms with Crippen molar-refractivity contribution in [1.29, 1.82) is 0 Å². The summed E-state index contributed by atoms with van der Waals surface area (Å²) in [4.78, 5) is 37.0.